The molecule has 1 saturated heterocycles. The standard InChI is InChI=1S/C11H14N2O/c14-9-5-10-4-3-6-12-11(10)13-7-1-2-8-13/h3-4,6,9H,1-2,5,7-8H2. The SMILES string of the molecule is O=CCc1cccnc1N1CCCC1. The molecule has 0 spiro atoms. The Balaban J connectivity index is 2.25. The average molecular weight is 190 g/mol. The fourth-order valence-corrected chi connectivity index (χ4v) is 1.89. The average Bonchev–Trinajstić information content (AvgIpc) is 2.72. The molecule has 1 aromatic rings. The second kappa shape index (κ2) is 4.22. The fraction of sp³-hybridized carbons (Fsp3) is 0.455. The zero-order chi connectivity index (χ0) is 9.80. The van der Waals surface area contributed by atoms with Gasteiger partial charge in [0.15, 0.2) is 0 Å². The first-order valence-corrected chi connectivity index (χ1v) is 5.04. The van der Waals surface area contributed by atoms with E-state index in [2.05, 4.69) is 9.88 Å². The number of hydrogen-bond acceptors (Lipinski definition) is 3. The summed E-state index contributed by atoms with van der Waals surface area (Å²) in [4.78, 5) is 17.1. The molecule has 2 rings (SSSR count). The molecule has 0 saturated carbocycles. The third-order valence-corrected chi connectivity index (χ3v) is 2.58. The number of aromatic nitrogens is 1. The van der Waals surface area contributed by atoms with Crippen molar-refractivity contribution in [1.82, 2.24) is 4.98 Å². The largest absolute Gasteiger partial charge is 0.356 e. The highest BCUT2D eigenvalue weighted by atomic mass is 16.1. The van der Waals surface area contributed by atoms with Crippen molar-refractivity contribution in [2.24, 2.45) is 0 Å². The fourth-order valence-electron chi connectivity index (χ4n) is 1.89. The van der Waals surface area contributed by atoms with Gasteiger partial charge < -0.3 is 9.69 Å². The zero-order valence-corrected chi connectivity index (χ0v) is 8.15. The van der Waals surface area contributed by atoms with Crippen LogP contribution in [0.3, 0.4) is 0 Å². The second-order valence-corrected chi connectivity index (χ2v) is 3.55. The van der Waals surface area contributed by atoms with Gasteiger partial charge in [-0.2, -0.15) is 0 Å². The highest BCUT2D eigenvalue weighted by Crippen LogP contribution is 2.21. The van der Waals surface area contributed by atoms with Crippen molar-refractivity contribution in [2.75, 3.05) is 18.0 Å². The molecule has 1 fully saturated rings. The first-order valence-electron chi connectivity index (χ1n) is 5.04. The third kappa shape index (κ3) is 1.76. The Morgan fingerprint density at radius 2 is 2.21 bits per heavy atom. The molecule has 1 aliphatic heterocycles. The van der Waals surface area contributed by atoms with Crippen LogP contribution in [0.5, 0.6) is 0 Å². The van der Waals surface area contributed by atoms with Crippen LogP contribution in [-0.4, -0.2) is 24.4 Å². The molecule has 1 aliphatic rings. The smallest absolute Gasteiger partial charge is 0.132 e. The van der Waals surface area contributed by atoms with Crippen LogP contribution in [0.15, 0.2) is 18.3 Å². The van der Waals surface area contributed by atoms with Crippen molar-refractivity contribution in [3.05, 3.63) is 23.9 Å². The van der Waals surface area contributed by atoms with Crippen LogP contribution in [0.4, 0.5) is 5.82 Å². The van der Waals surface area contributed by atoms with Crippen LogP contribution >= 0.6 is 0 Å². The van der Waals surface area contributed by atoms with Gasteiger partial charge in [0.05, 0.1) is 0 Å². The van der Waals surface area contributed by atoms with Gasteiger partial charge in [0.2, 0.25) is 0 Å². The summed E-state index contributed by atoms with van der Waals surface area (Å²) < 4.78 is 0. The summed E-state index contributed by atoms with van der Waals surface area (Å²) in [5, 5.41) is 0. The summed E-state index contributed by atoms with van der Waals surface area (Å²) in [5.74, 6) is 0.997. The molecule has 2 heterocycles. The van der Waals surface area contributed by atoms with Gasteiger partial charge in [-0.15, -0.1) is 0 Å². The van der Waals surface area contributed by atoms with E-state index in [-0.39, 0.29) is 0 Å². The summed E-state index contributed by atoms with van der Waals surface area (Å²) in [6.45, 7) is 2.14. The molecular weight excluding hydrogens is 176 g/mol. The van der Waals surface area contributed by atoms with E-state index in [0.717, 1.165) is 30.8 Å². The van der Waals surface area contributed by atoms with Gasteiger partial charge in [0.25, 0.3) is 0 Å². The highest BCUT2D eigenvalue weighted by Gasteiger charge is 2.15. The van der Waals surface area contributed by atoms with Gasteiger partial charge in [0.1, 0.15) is 12.1 Å². The van der Waals surface area contributed by atoms with Crippen molar-refractivity contribution >= 4 is 12.1 Å². The molecule has 1 aromatic heterocycles. The monoisotopic (exact) mass is 190 g/mol. The lowest BCUT2D eigenvalue weighted by atomic mass is 10.2. The third-order valence-electron chi connectivity index (χ3n) is 2.58. The molecular formula is C11H14N2O. The maximum Gasteiger partial charge on any atom is 0.132 e. The second-order valence-electron chi connectivity index (χ2n) is 3.55. The molecule has 14 heavy (non-hydrogen) atoms. The van der Waals surface area contributed by atoms with Gasteiger partial charge in [-0.05, 0) is 18.9 Å². The molecule has 74 valence electrons. The molecule has 0 bridgehead atoms. The molecule has 0 amide bonds. The topological polar surface area (TPSA) is 33.2 Å². The van der Waals surface area contributed by atoms with Crippen molar-refractivity contribution < 1.29 is 4.79 Å². The lowest BCUT2D eigenvalue weighted by Crippen LogP contribution is -2.20. The molecule has 0 radical (unpaired) electrons. The first-order chi connectivity index (χ1) is 6.92. The Hall–Kier alpha value is -1.38. The number of aldehydes is 1. The van der Waals surface area contributed by atoms with E-state index < -0.39 is 0 Å². The zero-order valence-electron chi connectivity index (χ0n) is 8.15. The number of carbonyl (C=O) groups excluding carboxylic acids is 1. The number of carbonyl (C=O) groups is 1. The van der Waals surface area contributed by atoms with E-state index in [9.17, 15) is 4.79 Å². The Morgan fingerprint density at radius 1 is 1.43 bits per heavy atom. The predicted octanol–water partition coefficient (Wildman–Crippen LogP) is 1.42. The molecule has 3 heteroatoms. The van der Waals surface area contributed by atoms with Gasteiger partial charge in [-0.1, -0.05) is 6.07 Å². The maximum absolute atomic E-state index is 10.5. The van der Waals surface area contributed by atoms with E-state index in [0.29, 0.717) is 6.42 Å². The van der Waals surface area contributed by atoms with Crippen molar-refractivity contribution in [3.8, 4) is 0 Å². The Bertz CT molecular complexity index is 319. The van der Waals surface area contributed by atoms with E-state index in [1.165, 1.54) is 12.8 Å². The highest BCUT2D eigenvalue weighted by molar-refractivity contribution is 5.61. The molecule has 0 N–H and O–H groups in total. The molecule has 3 nitrogen and oxygen atoms in total. The lowest BCUT2D eigenvalue weighted by Gasteiger charge is -2.18. The normalized spacial score (nSPS) is 15.9. The molecule has 0 unspecified atom stereocenters. The minimum Gasteiger partial charge on any atom is -0.356 e. The van der Waals surface area contributed by atoms with Gasteiger partial charge in [0, 0.05) is 31.3 Å². The maximum atomic E-state index is 10.5. The minimum absolute atomic E-state index is 0.472. The predicted molar refractivity (Wildman–Crippen MR) is 55.5 cm³/mol. The van der Waals surface area contributed by atoms with E-state index in [1.807, 2.05) is 12.1 Å². The van der Waals surface area contributed by atoms with Crippen molar-refractivity contribution in [1.29, 1.82) is 0 Å². The molecule has 0 aromatic carbocycles. The van der Waals surface area contributed by atoms with Gasteiger partial charge in [-0.3, -0.25) is 0 Å². The number of hydrogen-bond donors (Lipinski definition) is 0. The Labute approximate surface area is 83.8 Å². The first kappa shape index (κ1) is 9.19. The Morgan fingerprint density at radius 3 is 2.93 bits per heavy atom. The van der Waals surface area contributed by atoms with Crippen LogP contribution in [0.1, 0.15) is 18.4 Å². The van der Waals surface area contributed by atoms with Crippen LogP contribution < -0.4 is 4.90 Å². The summed E-state index contributed by atoms with van der Waals surface area (Å²) in [7, 11) is 0. The summed E-state index contributed by atoms with van der Waals surface area (Å²) in [5.41, 5.74) is 1.05. The summed E-state index contributed by atoms with van der Waals surface area (Å²) in [6.07, 6.45) is 5.67. The van der Waals surface area contributed by atoms with Crippen LogP contribution in [0.2, 0.25) is 0 Å². The van der Waals surface area contributed by atoms with E-state index in [4.69, 9.17) is 0 Å². The minimum atomic E-state index is 0.472. The van der Waals surface area contributed by atoms with Gasteiger partial charge >= 0.3 is 0 Å². The van der Waals surface area contributed by atoms with Crippen LogP contribution in [-0.2, 0) is 11.2 Å². The molecule has 0 aliphatic carbocycles. The van der Waals surface area contributed by atoms with Crippen molar-refractivity contribution in [3.63, 3.8) is 0 Å². The number of pyridine rings is 1. The van der Waals surface area contributed by atoms with Gasteiger partial charge in [-0.25, -0.2) is 4.98 Å². The quantitative estimate of drug-likeness (QED) is 0.676. The molecule has 0 atom stereocenters. The van der Waals surface area contributed by atoms with E-state index in [1.54, 1.807) is 6.20 Å². The Kier molecular flexibility index (Phi) is 2.77. The van der Waals surface area contributed by atoms with Crippen molar-refractivity contribution in [2.45, 2.75) is 19.3 Å². The number of anilines is 1. The summed E-state index contributed by atoms with van der Waals surface area (Å²) in [6, 6.07) is 3.87. The van der Waals surface area contributed by atoms with Crippen LogP contribution in [0, 0.1) is 0 Å². The number of rotatable bonds is 3. The van der Waals surface area contributed by atoms with Crippen LogP contribution in [0.25, 0.3) is 0 Å². The lowest BCUT2D eigenvalue weighted by molar-refractivity contribution is -0.107. The number of nitrogens with zero attached hydrogens (tertiary/aromatic N) is 2. The summed E-state index contributed by atoms with van der Waals surface area (Å²) >= 11 is 0. The van der Waals surface area contributed by atoms with E-state index >= 15 is 0 Å².